The van der Waals surface area contributed by atoms with Crippen LogP contribution in [0.2, 0.25) is 0 Å². The van der Waals surface area contributed by atoms with Crippen molar-refractivity contribution < 1.29 is 14.7 Å². The van der Waals surface area contributed by atoms with E-state index in [1.54, 1.807) is 6.08 Å². The number of aromatic nitrogens is 3. The normalized spacial score (nSPS) is 20.6. The van der Waals surface area contributed by atoms with Crippen molar-refractivity contribution in [3.05, 3.63) is 103 Å². The summed E-state index contributed by atoms with van der Waals surface area (Å²) in [5.41, 5.74) is 11.5. The van der Waals surface area contributed by atoms with Gasteiger partial charge in [0.25, 0.3) is 5.91 Å². The summed E-state index contributed by atoms with van der Waals surface area (Å²) in [4.78, 5) is 37.2. The first kappa shape index (κ1) is 29.1. The fourth-order valence-electron chi connectivity index (χ4n) is 6.04. The van der Waals surface area contributed by atoms with Crippen LogP contribution in [0.25, 0.3) is 22.2 Å². The molecule has 0 spiro atoms. The van der Waals surface area contributed by atoms with Gasteiger partial charge in [-0.1, -0.05) is 43.5 Å². The standard InChI is InChI=1S/C35H36N6O3/c1-22-16-29(23(2)40(15-7-6-10-31(22)43)27-8-4-3-5-9-27)35(44)39-26-13-11-25(12-14-26)30-19-41(28-17-24(18-28)20-42)34-32(30)33(36)37-21-38-34/h3-5,8-9,11-14,16,19,21,24,28,42H,1-2,6-7,10,15,17-18,20H2,(H,39,44)(H2,36,37,38)/b29-16+/t24-,28+. The number of anilines is 3. The van der Waals surface area contributed by atoms with E-state index in [1.807, 2.05) is 59.5 Å². The minimum atomic E-state index is -0.379. The number of fused-ring (bicyclic) bond motifs is 1. The second-order valence-electron chi connectivity index (χ2n) is 11.5. The van der Waals surface area contributed by atoms with Crippen molar-refractivity contribution in [1.29, 1.82) is 0 Å². The van der Waals surface area contributed by atoms with Crippen molar-refractivity contribution in [2.75, 3.05) is 29.1 Å². The molecule has 9 nitrogen and oxygen atoms in total. The topological polar surface area (TPSA) is 126 Å². The van der Waals surface area contributed by atoms with Crippen molar-refractivity contribution in [1.82, 2.24) is 14.5 Å². The van der Waals surface area contributed by atoms with Crippen molar-refractivity contribution in [3.8, 4) is 11.1 Å². The zero-order chi connectivity index (χ0) is 30.8. The van der Waals surface area contributed by atoms with Gasteiger partial charge in [-0.2, -0.15) is 0 Å². The number of aliphatic hydroxyl groups excluding tert-OH is 1. The number of hydrogen-bond acceptors (Lipinski definition) is 7. The summed E-state index contributed by atoms with van der Waals surface area (Å²) in [6.07, 6.45) is 8.74. The van der Waals surface area contributed by atoms with Crippen LogP contribution in [0.4, 0.5) is 17.2 Å². The van der Waals surface area contributed by atoms with Crippen molar-refractivity contribution in [2.45, 2.75) is 38.1 Å². The molecule has 1 saturated carbocycles. The summed E-state index contributed by atoms with van der Waals surface area (Å²) >= 11 is 0. The number of benzene rings is 2. The predicted molar refractivity (Wildman–Crippen MR) is 174 cm³/mol. The molecule has 2 aliphatic rings. The van der Waals surface area contributed by atoms with E-state index >= 15 is 0 Å². The van der Waals surface area contributed by atoms with Crippen LogP contribution >= 0.6 is 0 Å². The second kappa shape index (κ2) is 12.3. The monoisotopic (exact) mass is 588 g/mol. The third-order valence-corrected chi connectivity index (χ3v) is 8.62. The van der Waals surface area contributed by atoms with E-state index in [9.17, 15) is 14.7 Å². The number of nitrogens with one attached hydrogen (secondary N) is 1. The molecule has 224 valence electrons. The molecule has 2 aromatic carbocycles. The van der Waals surface area contributed by atoms with E-state index in [1.165, 1.54) is 6.33 Å². The number of aliphatic hydroxyl groups is 1. The van der Waals surface area contributed by atoms with Gasteiger partial charge in [-0.25, -0.2) is 9.97 Å². The summed E-state index contributed by atoms with van der Waals surface area (Å²) in [5, 5.41) is 13.3. The molecule has 1 aliphatic heterocycles. The van der Waals surface area contributed by atoms with Gasteiger partial charge in [-0.3, -0.25) is 9.59 Å². The van der Waals surface area contributed by atoms with Gasteiger partial charge in [-0.15, -0.1) is 0 Å². The molecule has 6 rings (SSSR count). The van der Waals surface area contributed by atoms with Gasteiger partial charge >= 0.3 is 0 Å². The fraction of sp³-hybridized carbons (Fsp3) is 0.257. The van der Waals surface area contributed by atoms with Gasteiger partial charge in [0.05, 0.1) is 11.0 Å². The summed E-state index contributed by atoms with van der Waals surface area (Å²) < 4.78 is 2.13. The molecule has 1 fully saturated rings. The van der Waals surface area contributed by atoms with E-state index < -0.39 is 0 Å². The largest absolute Gasteiger partial charge is 0.396 e. The molecule has 1 amide bonds. The Morgan fingerprint density at radius 3 is 2.52 bits per heavy atom. The molecule has 9 heteroatoms. The highest BCUT2D eigenvalue weighted by Gasteiger charge is 2.32. The van der Waals surface area contributed by atoms with E-state index in [-0.39, 0.29) is 35.5 Å². The average Bonchev–Trinajstić information content (AvgIpc) is 3.39. The second-order valence-corrected chi connectivity index (χ2v) is 11.5. The summed E-state index contributed by atoms with van der Waals surface area (Å²) in [6, 6.07) is 17.6. The average molecular weight is 589 g/mol. The first-order chi connectivity index (χ1) is 21.3. The van der Waals surface area contributed by atoms with Gasteiger partial charge in [0.2, 0.25) is 0 Å². The molecule has 4 N–H and O–H groups in total. The predicted octanol–water partition coefficient (Wildman–Crippen LogP) is 5.82. The molecule has 1 aliphatic carbocycles. The van der Waals surface area contributed by atoms with Gasteiger partial charge in [0.15, 0.2) is 5.78 Å². The lowest BCUT2D eigenvalue weighted by molar-refractivity contribution is -0.115. The molecule has 0 radical (unpaired) electrons. The highest BCUT2D eigenvalue weighted by atomic mass is 16.3. The Morgan fingerprint density at radius 1 is 1.05 bits per heavy atom. The number of ketones is 1. The summed E-state index contributed by atoms with van der Waals surface area (Å²) in [6.45, 7) is 9.05. The maximum Gasteiger partial charge on any atom is 0.257 e. The van der Waals surface area contributed by atoms with Crippen LogP contribution in [0.3, 0.4) is 0 Å². The van der Waals surface area contributed by atoms with Gasteiger partial charge in [-0.05, 0) is 67.5 Å². The number of Topliss-reactive ketones (excluding diaryl/α,β-unsaturated/α-hetero) is 1. The number of carbonyl (C=O) groups is 2. The maximum absolute atomic E-state index is 13.7. The number of nitrogen functional groups attached to an aromatic ring is 1. The van der Waals surface area contributed by atoms with Gasteiger partial charge in [0, 0.05) is 60.0 Å². The van der Waals surface area contributed by atoms with Crippen molar-refractivity contribution in [2.24, 2.45) is 5.92 Å². The maximum atomic E-state index is 13.7. The molecule has 0 unspecified atom stereocenters. The fourth-order valence-corrected chi connectivity index (χ4v) is 6.04. The lowest BCUT2D eigenvalue weighted by atomic mass is 9.81. The number of rotatable bonds is 6. The first-order valence-corrected chi connectivity index (χ1v) is 14.9. The SMILES string of the molecule is C=C1/C=C(/C(=O)Nc2ccc(-c3cn([C@H]4C[C@@H](CO)C4)c4ncnc(N)c34)cc2)C(=C)N(c2ccccc2)CCCCC1=O. The molecule has 0 bridgehead atoms. The Labute approximate surface area is 256 Å². The minimum Gasteiger partial charge on any atom is -0.396 e. The Morgan fingerprint density at radius 2 is 1.80 bits per heavy atom. The molecular formula is C35H36N6O3. The van der Waals surface area contributed by atoms with Gasteiger partial charge < -0.3 is 25.6 Å². The minimum absolute atomic E-state index is 0.0724. The Kier molecular flexibility index (Phi) is 8.13. The Bertz CT molecular complexity index is 1770. The van der Waals surface area contributed by atoms with E-state index in [2.05, 4.69) is 39.2 Å². The number of amides is 1. The lowest BCUT2D eigenvalue weighted by Crippen LogP contribution is -2.29. The zero-order valence-electron chi connectivity index (χ0n) is 24.6. The number of nitrogens with two attached hydrogens (primary N) is 1. The summed E-state index contributed by atoms with van der Waals surface area (Å²) in [7, 11) is 0. The van der Waals surface area contributed by atoms with E-state index in [4.69, 9.17) is 5.73 Å². The number of para-hydroxylation sites is 1. The molecule has 3 heterocycles. The highest BCUT2D eigenvalue weighted by molar-refractivity contribution is 6.10. The van der Waals surface area contributed by atoms with Crippen LogP contribution in [-0.4, -0.2) is 44.5 Å². The Balaban J connectivity index is 1.28. The van der Waals surface area contributed by atoms with Crippen LogP contribution in [-0.2, 0) is 9.59 Å². The number of allylic oxidation sites excluding steroid dienone is 2. The molecule has 0 saturated heterocycles. The third-order valence-electron chi connectivity index (χ3n) is 8.62. The lowest BCUT2D eigenvalue weighted by Gasteiger charge is -2.35. The van der Waals surface area contributed by atoms with Crippen molar-refractivity contribution >= 4 is 39.9 Å². The number of nitrogens with zero attached hydrogens (tertiary/aromatic N) is 4. The van der Waals surface area contributed by atoms with Gasteiger partial charge in [0.1, 0.15) is 17.8 Å². The van der Waals surface area contributed by atoms with Crippen LogP contribution in [0.1, 0.15) is 38.1 Å². The smallest absolute Gasteiger partial charge is 0.257 e. The number of carbonyl (C=O) groups excluding carboxylic acids is 2. The van der Waals surface area contributed by atoms with Crippen LogP contribution in [0.15, 0.2) is 103 Å². The summed E-state index contributed by atoms with van der Waals surface area (Å²) in [5.74, 6) is 0.252. The van der Waals surface area contributed by atoms with E-state index in [0.717, 1.165) is 53.5 Å². The third kappa shape index (κ3) is 5.66. The van der Waals surface area contributed by atoms with Crippen molar-refractivity contribution in [3.63, 3.8) is 0 Å². The molecule has 44 heavy (non-hydrogen) atoms. The Hall–Kier alpha value is -5.02. The number of hydrogen-bond donors (Lipinski definition) is 3. The first-order valence-electron chi connectivity index (χ1n) is 14.9. The molecule has 4 aromatic rings. The molecular weight excluding hydrogens is 552 g/mol. The van der Waals surface area contributed by atoms with Crippen LogP contribution < -0.4 is 16.0 Å². The van der Waals surface area contributed by atoms with Crippen LogP contribution in [0, 0.1) is 5.92 Å². The zero-order valence-corrected chi connectivity index (χ0v) is 24.6. The quantitative estimate of drug-likeness (QED) is 0.242. The molecule has 2 aromatic heterocycles. The van der Waals surface area contributed by atoms with Crippen LogP contribution in [0.5, 0.6) is 0 Å². The van der Waals surface area contributed by atoms with E-state index in [0.29, 0.717) is 36.1 Å². The highest BCUT2D eigenvalue weighted by Crippen LogP contribution is 2.42. The molecule has 0 atom stereocenters.